The molecule has 2 amide bonds. The molecule has 0 aliphatic carbocycles. The molecule has 0 aromatic heterocycles. The molecule has 0 spiro atoms. The Labute approximate surface area is 165 Å². The van der Waals surface area contributed by atoms with Gasteiger partial charge in [-0.25, -0.2) is 8.42 Å². The summed E-state index contributed by atoms with van der Waals surface area (Å²) in [7, 11) is -3.15. The van der Waals surface area contributed by atoms with Crippen LogP contribution in [0.3, 0.4) is 0 Å². The molecule has 1 fully saturated rings. The summed E-state index contributed by atoms with van der Waals surface area (Å²) in [4.78, 5) is 29.0. The molecule has 6 nitrogen and oxygen atoms in total. The number of carbonyl (C=O) groups excluding carboxylic acids is 2. The van der Waals surface area contributed by atoms with E-state index < -0.39 is 27.7 Å². The van der Waals surface area contributed by atoms with Crippen LogP contribution in [0.15, 0.2) is 60.7 Å². The second-order valence-corrected chi connectivity index (χ2v) is 9.09. The summed E-state index contributed by atoms with van der Waals surface area (Å²) in [6.45, 7) is 2.31. The quantitative estimate of drug-likeness (QED) is 0.722. The third-order valence-electron chi connectivity index (χ3n) is 4.93. The van der Waals surface area contributed by atoms with Crippen molar-refractivity contribution in [1.82, 2.24) is 4.90 Å². The maximum Gasteiger partial charge on any atom is 0.316 e. The van der Waals surface area contributed by atoms with Gasteiger partial charge in [-0.1, -0.05) is 48.5 Å². The normalized spacial score (nSPS) is 17.8. The van der Waals surface area contributed by atoms with Gasteiger partial charge in [0.15, 0.2) is 9.84 Å². The maximum atomic E-state index is 13.2. The number of nitrogens with zero attached hydrogens (tertiary/aromatic N) is 2. The van der Waals surface area contributed by atoms with Crippen molar-refractivity contribution >= 4 is 27.3 Å². The zero-order valence-corrected chi connectivity index (χ0v) is 16.6. The second-order valence-electron chi connectivity index (χ2n) is 6.86. The number of para-hydroxylation sites is 1. The Morgan fingerprint density at radius 1 is 0.964 bits per heavy atom. The summed E-state index contributed by atoms with van der Waals surface area (Å²) in [5.74, 6) is -1.34. The van der Waals surface area contributed by atoms with Crippen LogP contribution in [0.5, 0.6) is 0 Å². The number of likely N-dealkylation sites (N-methyl/N-ethyl adjacent to an activating group) is 1. The first-order valence-electron chi connectivity index (χ1n) is 9.33. The van der Waals surface area contributed by atoms with Crippen molar-refractivity contribution in [3.8, 4) is 0 Å². The average molecular weight is 401 g/mol. The van der Waals surface area contributed by atoms with Gasteiger partial charge in [-0.15, -0.1) is 0 Å². The lowest BCUT2D eigenvalue weighted by Gasteiger charge is -2.29. The second kappa shape index (κ2) is 8.56. The van der Waals surface area contributed by atoms with E-state index in [2.05, 4.69) is 0 Å². The Morgan fingerprint density at radius 2 is 1.57 bits per heavy atom. The number of rotatable bonds is 5. The SMILES string of the molecule is CCN(C(=O)C(=O)N(Cc1ccccc1)c1ccccc1)C1CCS(=O)(=O)C1. The molecule has 28 heavy (non-hydrogen) atoms. The fraction of sp³-hybridized carbons (Fsp3) is 0.333. The molecular formula is C21H24N2O4S. The molecule has 1 aliphatic rings. The Balaban J connectivity index is 1.86. The predicted molar refractivity (Wildman–Crippen MR) is 109 cm³/mol. The van der Waals surface area contributed by atoms with Crippen LogP contribution in [0, 0.1) is 0 Å². The molecule has 2 aromatic carbocycles. The Morgan fingerprint density at radius 3 is 2.11 bits per heavy atom. The molecule has 0 bridgehead atoms. The molecule has 1 atom stereocenters. The number of benzene rings is 2. The number of sulfone groups is 1. The van der Waals surface area contributed by atoms with Gasteiger partial charge >= 0.3 is 11.8 Å². The standard InChI is InChI=1S/C21H24N2O4S/c1-2-22(19-13-14-28(26,27)16-19)20(24)21(25)23(18-11-7-4-8-12-18)15-17-9-5-3-6-10-17/h3-12,19H,2,13-16H2,1H3. The van der Waals surface area contributed by atoms with E-state index >= 15 is 0 Å². The topological polar surface area (TPSA) is 74.8 Å². The molecule has 3 rings (SSSR count). The van der Waals surface area contributed by atoms with Gasteiger partial charge in [0, 0.05) is 18.3 Å². The molecule has 7 heteroatoms. The van der Waals surface area contributed by atoms with Crippen LogP contribution in [0.2, 0.25) is 0 Å². The minimum Gasteiger partial charge on any atom is -0.331 e. The maximum absolute atomic E-state index is 13.2. The predicted octanol–water partition coefficient (Wildman–Crippen LogP) is 2.26. The van der Waals surface area contributed by atoms with Crippen molar-refractivity contribution in [3.05, 3.63) is 66.2 Å². The van der Waals surface area contributed by atoms with Crippen LogP contribution in [-0.4, -0.2) is 49.2 Å². The summed E-state index contributed by atoms with van der Waals surface area (Å²) < 4.78 is 23.6. The average Bonchev–Trinajstić information content (AvgIpc) is 3.07. The zero-order chi connectivity index (χ0) is 20.1. The van der Waals surface area contributed by atoms with E-state index in [1.807, 2.05) is 48.5 Å². The van der Waals surface area contributed by atoms with E-state index in [1.165, 1.54) is 9.80 Å². The van der Waals surface area contributed by atoms with Crippen molar-refractivity contribution in [3.63, 3.8) is 0 Å². The largest absolute Gasteiger partial charge is 0.331 e. The van der Waals surface area contributed by atoms with Gasteiger partial charge in [0.1, 0.15) is 0 Å². The Kier molecular flexibility index (Phi) is 6.14. The van der Waals surface area contributed by atoms with Crippen LogP contribution in [0.25, 0.3) is 0 Å². The van der Waals surface area contributed by atoms with E-state index in [0.717, 1.165) is 5.56 Å². The summed E-state index contributed by atoms with van der Waals surface area (Å²) >= 11 is 0. The number of carbonyl (C=O) groups is 2. The van der Waals surface area contributed by atoms with Gasteiger partial charge in [0.2, 0.25) is 0 Å². The smallest absolute Gasteiger partial charge is 0.316 e. The Bertz CT molecular complexity index is 929. The van der Waals surface area contributed by atoms with Crippen molar-refractivity contribution in [2.75, 3.05) is 23.0 Å². The number of anilines is 1. The van der Waals surface area contributed by atoms with Crippen molar-refractivity contribution in [2.24, 2.45) is 0 Å². The van der Waals surface area contributed by atoms with Crippen LogP contribution < -0.4 is 4.90 Å². The van der Waals surface area contributed by atoms with E-state index in [4.69, 9.17) is 0 Å². The molecule has 2 aromatic rings. The monoisotopic (exact) mass is 400 g/mol. The highest BCUT2D eigenvalue weighted by Crippen LogP contribution is 2.21. The van der Waals surface area contributed by atoms with E-state index in [0.29, 0.717) is 18.7 Å². The minimum atomic E-state index is -3.15. The molecule has 0 N–H and O–H groups in total. The highest BCUT2D eigenvalue weighted by atomic mass is 32.2. The highest BCUT2D eigenvalue weighted by molar-refractivity contribution is 7.91. The van der Waals surface area contributed by atoms with Gasteiger partial charge in [0.25, 0.3) is 0 Å². The molecule has 148 valence electrons. The van der Waals surface area contributed by atoms with Crippen LogP contribution in [-0.2, 0) is 26.0 Å². The first-order valence-corrected chi connectivity index (χ1v) is 11.2. The van der Waals surface area contributed by atoms with Gasteiger partial charge < -0.3 is 4.90 Å². The molecule has 1 saturated heterocycles. The van der Waals surface area contributed by atoms with Crippen molar-refractivity contribution < 1.29 is 18.0 Å². The van der Waals surface area contributed by atoms with E-state index in [1.54, 1.807) is 19.1 Å². The first kappa shape index (κ1) is 20.1. The van der Waals surface area contributed by atoms with Gasteiger partial charge in [-0.3, -0.25) is 14.5 Å². The minimum absolute atomic E-state index is 0.0576. The molecule has 0 saturated carbocycles. The summed E-state index contributed by atoms with van der Waals surface area (Å²) in [5, 5.41) is 0. The summed E-state index contributed by atoms with van der Waals surface area (Å²) in [5.41, 5.74) is 1.53. The lowest BCUT2D eigenvalue weighted by molar-refractivity contribution is -0.145. The van der Waals surface area contributed by atoms with E-state index in [-0.39, 0.29) is 18.1 Å². The molecular weight excluding hydrogens is 376 g/mol. The van der Waals surface area contributed by atoms with Gasteiger partial charge in [-0.2, -0.15) is 0 Å². The first-order chi connectivity index (χ1) is 13.4. The van der Waals surface area contributed by atoms with Crippen molar-refractivity contribution in [1.29, 1.82) is 0 Å². The highest BCUT2D eigenvalue weighted by Gasteiger charge is 2.37. The van der Waals surface area contributed by atoms with Gasteiger partial charge in [-0.05, 0) is 31.0 Å². The fourth-order valence-electron chi connectivity index (χ4n) is 3.48. The van der Waals surface area contributed by atoms with Crippen molar-refractivity contribution in [2.45, 2.75) is 25.9 Å². The van der Waals surface area contributed by atoms with Gasteiger partial charge in [0.05, 0.1) is 18.1 Å². The van der Waals surface area contributed by atoms with Crippen LogP contribution >= 0.6 is 0 Å². The van der Waals surface area contributed by atoms with Crippen LogP contribution in [0.4, 0.5) is 5.69 Å². The Hall–Kier alpha value is -2.67. The summed E-state index contributed by atoms with van der Waals surface area (Å²) in [6.07, 6.45) is 0.374. The molecule has 0 radical (unpaired) electrons. The number of amides is 2. The molecule has 1 aliphatic heterocycles. The number of hydrogen-bond donors (Lipinski definition) is 0. The molecule has 1 unspecified atom stereocenters. The summed E-state index contributed by atoms with van der Waals surface area (Å²) in [6, 6.07) is 18.0. The van der Waals surface area contributed by atoms with E-state index in [9.17, 15) is 18.0 Å². The third kappa shape index (κ3) is 4.59. The molecule has 1 heterocycles. The fourth-order valence-corrected chi connectivity index (χ4v) is 5.21. The third-order valence-corrected chi connectivity index (χ3v) is 6.68. The lowest BCUT2D eigenvalue weighted by atomic mass is 10.1. The zero-order valence-electron chi connectivity index (χ0n) is 15.8. The number of hydrogen-bond acceptors (Lipinski definition) is 4. The lowest BCUT2D eigenvalue weighted by Crippen LogP contribution is -2.49. The van der Waals surface area contributed by atoms with Crippen LogP contribution in [0.1, 0.15) is 18.9 Å².